The topological polar surface area (TPSA) is 72.3 Å². The number of benzene rings is 1. The van der Waals surface area contributed by atoms with Crippen molar-refractivity contribution >= 4 is 0 Å². The van der Waals surface area contributed by atoms with Crippen molar-refractivity contribution in [3.05, 3.63) is 63.3 Å². The minimum Gasteiger partial charge on any atom is -0.508 e. The number of nitrogens with two attached hydrogens (primary N) is 2. The lowest BCUT2D eigenvalue weighted by Gasteiger charge is -2.38. The Balaban J connectivity index is 1.61. The molecule has 27 heavy (non-hydrogen) atoms. The van der Waals surface area contributed by atoms with E-state index in [0.717, 1.165) is 12.8 Å². The Morgan fingerprint density at radius 2 is 1.96 bits per heavy atom. The Kier molecular flexibility index (Phi) is 2.15. The predicted octanol–water partition coefficient (Wildman–Crippen LogP) is 3.61. The van der Waals surface area contributed by atoms with E-state index in [2.05, 4.69) is 32.9 Å². The van der Waals surface area contributed by atoms with Crippen molar-refractivity contribution < 1.29 is 5.11 Å². The average molecular weight is 358 g/mol. The number of hydrogen-bond donors (Lipinski definition) is 3. The second-order valence-corrected chi connectivity index (χ2v) is 10.3. The fourth-order valence-electron chi connectivity index (χ4n) is 7.96. The van der Waals surface area contributed by atoms with E-state index in [0.29, 0.717) is 17.6 Å². The van der Waals surface area contributed by atoms with E-state index in [1.165, 1.54) is 39.0 Å². The molecule has 1 aromatic rings. The first-order valence-electron chi connectivity index (χ1n) is 10.4. The van der Waals surface area contributed by atoms with Gasteiger partial charge < -0.3 is 16.6 Å². The highest BCUT2D eigenvalue weighted by Gasteiger charge is 2.82. The summed E-state index contributed by atoms with van der Waals surface area (Å²) >= 11 is 0. The molecule has 2 saturated carbocycles. The number of rotatable bonds is 0. The molecular weight excluding hydrogens is 332 g/mol. The zero-order valence-corrected chi connectivity index (χ0v) is 16.1. The molecule has 3 unspecified atom stereocenters. The third kappa shape index (κ3) is 1.23. The number of aromatic hydroxyl groups is 1. The van der Waals surface area contributed by atoms with Gasteiger partial charge in [-0.1, -0.05) is 38.5 Å². The van der Waals surface area contributed by atoms with E-state index in [9.17, 15) is 5.11 Å². The second-order valence-electron chi connectivity index (χ2n) is 10.3. The van der Waals surface area contributed by atoms with Gasteiger partial charge in [-0.2, -0.15) is 0 Å². The molecule has 2 bridgehead atoms. The molecule has 0 amide bonds. The maximum Gasteiger partial charge on any atom is 0.115 e. The molecule has 3 nitrogen and oxygen atoms in total. The largest absolute Gasteiger partial charge is 0.508 e. The summed E-state index contributed by atoms with van der Waals surface area (Å²) in [4.78, 5) is 0. The zero-order valence-electron chi connectivity index (χ0n) is 16.1. The van der Waals surface area contributed by atoms with Crippen molar-refractivity contribution in [3.63, 3.8) is 0 Å². The summed E-state index contributed by atoms with van der Waals surface area (Å²) in [6.45, 7) is 7.12. The van der Waals surface area contributed by atoms with E-state index >= 15 is 0 Å². The second kappa shape index (κ2) is 3.83. The lowest BCUT2D eigenvalue weighted by atomic mass is 9.67. The van der Waals surface area contributed by atoms with Crippen LogP contribution >= 0.6 is 0 Å². The van der Waals surface area contributed by atoms with E-state index < -0.39 is 0 Å². The molecule has 0 spiro atoms. The Morgan fingerprint density at radius 3 is 2.74 bits per heavy atom. The SMILES string of the molecule is C[C@H]1C2C3=C4C3=C[C@@]3(C)C(=C4C4(N)[C@@H](c5cc(O)ccc52)[C@@]14C)CCC3N. The molecule has 7 atom stereocenters. The van der Waals surface area contributed by atoms with Gasteiger partial charge in [0, 0.05) is 28.7 Å². The zero-order chi connectivity index (χ0) is 18.7. The van der Waals surface area contributed by atoms with Crippen LogP contribution in [0.1, 0.15) is 56.6 Å². The van der Waals surface area contributed by atoms with Gasteiger partial charge in [0.25, 0.3) is 0 Å². The molecule has 0 aromatic heterocycles. The normalized spacial score (nSPS) is 49.9. The molecule has 0 radical (unpaired) electrons. The minimum absolute atomic E-state index is 0.0415. The van der Waals surface area contributed by atoms with Crippen LogP contribution in [-0.4, -0.2) is 16.7 Å². The third-order valence-electron chi connectivity index (χ3n) is 9.64. The van der Waals surface area contributed by atoms with Gasteiger partial charge in [-0.15, -0.1) is 0 Å². The summed E-state index contributed by atoms with van der Waals surface area (Å²) in [6.07, 6.45) is 4.60. The molecule has 0 saturated heterocycles. The Morgan fingerprint density at radius 1 is 1.19 bits per heavy atom. The molecule has 3 heteroatoms. The number of phenolic OH excluding ortho intramolecular Hbond substituents is 1. The number of hydrogen-bond acceptors (Lipinski definition) is 3. The third-order valence-corrected chi connectivity index (χ3v) is 9.64. The van der Waals surface area contributed by atoms with Gasteiger partial charge in [-0.25, -0.2) is 0 Å². The Bertz CT molecular complexity index is 1090. The molecule has 0 aliphatic heterocycles. The van der Waals surface area contributed by atoms with Crippen molar-refractivity contribution in [3.8, 4) is 5.75 Å². The monoisotopic (exact) mass is 358 g/mol. The van der Waals surface area contributed by atoms with Gasteiger partial charge in [0.1, 0.15) is 5.75 Å². The molecule has 2 fully saturated rings. The van der Waals surface area contributed by atoms with Crippen LogP contribution in [0.15, 0.2) is 52.1 Å². The van der Waals surface area contributed by atoms with Crippen molar-refractivity contribution in [1.82, 2.24) is 0 Å². The quantitative estimate of drug-likeness (QED) is 0.663. The fourth-order valence-corrected chi connectivity index (χ4v) is 7.96. The first kappa shape index (κ1) is 15.1. The first-order valence-corrected chi connectivity index (χ1v) is 10.4. The van der Waals surface area contributed by atoms with E-state index in [1.807, 2.05) is 12.1 Å². The van der Waals surface area contributed by atoms with Gasteiger partial charge in [-0.05, 0) is 64.3 Å². The van der Waals surface area contributed by atoms with Crippen LogP contribution in [-0.2, 0) is 0 Å². The molecule has 138 valence electrons. The standard InChI is InChI=1S/C24H26N2O/c1-10-17-12-5-4-11(27)8-13(12)21-23(10,3)24(21,26)20-15-6-7-16(25)22(15,2)9-14-18(17)19(14)20/h4-5,8-10,16-17,21,27H,6-7,25-26H2,1-3H3/t10-,16?,17?,21-,22-,23+,24?/m0/s1. The van der Waals surface area contributed by atoms with Crippen molar-refractivity contribution in [1.29, 1.82) is 0 Å². The molecular formula is C24H26N2O. The van der Waals surface area contributed by atoms with E-state index in [-0.39, 0.29) is 28.3 Å². The van der Waals surface area contributed by atoms with Crippen LogP contribution in [0, 0.1) is 16.7 Å². The lowest BCUT2D eigenvalue weighted by molar-refractivity contribution is 0.281. The van der Waals surface area contributed by atoms with Gasteiger partial charge >= 0.3 is 0 Å². The molecule has 6 aliphatic rings. The maximum atomic E-state index is 10.2. The van der Waals surface area contributed by atoms with Crippen LogP contribution in [0.2, 0.25) is 0 Å². The highest BCUT2D eigenvalue weighted by Crippen LogP contribution is 2.85. The van der Waals surface area contributed by atoms with E-state index in [4.69, 9.17) is 11.5 Å². The summed E-state index contributed by atoms with van der Waals surface area (Å²) in [5.74, 6) is 1.54. The summed E-state index contributed by atoms with van der Waals surface area (Å²) in [5.41, 5.74) is 23.8. The highest BCUT2D eigenvalue weighted by molar-refractivity contribution is 5.88. The van der Waals surface area contributed by atoms with Crippen LogP contribution in [0.25, 0.3) is 0 Å². The van der Waals surface area contributed by atoms with Crippen LogP contribution < -0.4 is 11.5 Å². The van der Waals surface area contributed by atoms with Gasteiger partial charge in [0.15, 0.2) is 0 Å². The summed E-state index contributed by atoms with van der Waals surface area (Å²) < 4.78 is 0. The summed E-state index contributed by atoms with van der Waals surface area (Å²) in [7, 11) is 0. The number of phenols is 1. The van der Waals surface area contributed by atoms with Crippen LogP contribution in [0.4, 0.5) is 0 Å². The van der Waals surface area contributed by atoms with Crippen LogP contribution in [0.3, 0.4) is 0 Å². The Labute approximate surface area is 159 Å². The smallest absolute Gasteiger partial charge is 0.115 e. The molecule has 6 aliphatic carbocycles. The molecule has 7 rings (SSSR count). The summed E-state index contributed by atoms with van der Waals surface area (Å²) in [6, 6.07) is 6.17. The number of allylic oxidation sites excluding steroid dienone is 2. The molecule has 0 heterocycles. The van der Waals surface area contributed by atoms with Crippen LogP contribution in [0.5, 0.6) is 5.75 Å². The molecule has 5 N–H and O–H groups in total. The predicted molar refractivity (Wildman–Crippen MR) is 105 cm³/mol. The van der Waals surface area contributed by atoms with Gasteiger partial charge in [-0.3, -0.25) is 0 Å². The van der Waals surface area contributed by atoms with E-state index in [1.54, 1.807) is 0 Å². The first-order chi connectivity index (χ1) is 12.8. The van der Waals surface area contributed by atoms with Crippen molar-refractivity contribution in [2.75, 3.05) is 0 Å². The lowest BCUT2D eigenvalue weighted by Crippen LogP contribution is -2.41. The van der Waals surface area contributed by atoms with Gasteiger partial charge in [0.05, 0.1) is 5.54 Å². The van der Waals surface area contributed by atoms with Crippen molar-refractivity contribution in [2.45, 2.75) is 57.0 Å². The Hall–Kier alpha value is -1.84. The molecule has 1 aromatic carbocycles. The highest BCUT2D eigenvalue weighted by atomic mass is 16.3. The van der Waals surface area contributed by atoms with Gasteiger partial charge in [0.2, 0.25) is 0 Å². The van der Waals surface area contributed by atoms with Crippen molar-refractivity contribution in [2.24, 2.45) is 28.2 Å². The average Bonchev–Trinajstić information content (AvgIpc) is 3.40. The fraction of sp³-hybridized carbons (Fsp3) is 0.500. The minimum atomic E-state index is -0.336. The maximum absolute atomic E-state index is 10.2. The summed E-state index contributed by atoms with van der Waals surface area (Å²) in [5, 5.41) is 10.2. The number of fused-ring (bicyclic) bond motifs is 5.